The summed E-state index contributed by atoms with van der Waals surface area (Å²) in [5.41, 5.74) is -0.208. The number of hydrogen-bond acceptors (Lipinski definition) is 2. The zero-order valence-corrected chi connectivity index (χ0v) is 9.60. The van der Waals surface area contributed by atoms with E-state index in [0.29, 0.717) is 13.0 Å². The lowest BCUT2D eigenvalue weighted by atomic mass is 9.95. The van der Waals surface area contributed by atoms with Crippen LogP contribution in [0.2, 0.25) is 0 Å². The van der Waals surface area contributed by atoms with Crippen LogP contribution in [0.15, 0.2) is 0 Å². The van der Waals surface area contributed by atoms with Crippen molar-refractivity contribution in [2.24, 2.45) is 5.41 Å². The molecule has 0 aromatic carbocycles. The highest BCUT2D eigenvalue weighted by Gasteiger charge is 2.16. The third kappa shape index (κ3) is 6.89. The fraction of sp³-hybridized carbons (Fsp3) is 0.909. The van der Waals surface area contributed by atoms with Crippen molar-refractivity contribution in [3.63, 3.8) is 0 Å². The zero-order chi connectivity index (χ0) is 11.0. The Bertz CT molecular complexity index is 167. The zero-order valence-electron chi connectivity index (χ0n) is 9.60. The topological polar surface area (TPSA) is 49.3 Å². The van der Waals surface area contributed by atoms with Crippen LogP contribution in [0.25, 0.3) is 0 Å². The van der Waals surface area contributed by atoms with Gasteiger partial charge in [-0.25, -0.2) is 0 Å². The van der Waals surface area contributed by atoms with Crippen molar-refractivity contribution in [1.82, 2.24) is 5.32 Å². The molecule has 0 radical (unpaired) electrons. The molecule has 0 unspecified atom stereocenters. The van der Waals surface area contributed by atoms with Crippen molar-refractivity contribution in [3.05, 3.63) is 0 Å². The summed E-state index contributed by atoms with van der Waals surface area (Å²) in [7, 11) is 0. The maximum Gasteiger partial charge on any atom is 0.220 e. The molecule has 0 spiro atoms. The Labute approximate surface area is 86.9 Å². The van der Waals surface area contributed by atoms with Crippen molar-refractivity contribution < 1.29 is 9.90 Å². The summed E-state index contributed by atoms with van der Waals surface area (Å²) in [4.78, 5) is 11.3. The molecule has 0 heterocycles. The average molecular weight is 201 g/mol. The minimum absolute atomic E-state index is 0.0972. The second-order valence-electron chi connectivity index (χ2n) is 4.56. The first-order chi connectivity index (χ1) is 6.52. The van der Waals surface area contributed by atoms with E-state index in [1.807, 2.05) is 13.8 Å². The van der Waals surface area contributed by atoms with Gasteiger partial charge in [-0.3, -0.25) is 4.79 Å². The minimum Gasteiger partial charge on any atom is -0.396 e. The van der Waals surface area contributed by atoms with Crippen molar-refractivity contribution in [3.8, 4) is 0 Å². The molecule has 0 aliphatic heterocycles. The molecule has 3 nitrogen and oxygen atoms in total. The van der Waals surface area contributed by atoms with Gasteiger partial charge >= 0.3 is 0 Å². The van der Waals surface area contributed by atoms with Crippen molar-refractivity contribution >= 4 is 5.91 Å². The van der Waals surface area contributed by atoms with Crippen LogP contribution < -0.4 is 5.32 Å². The van der Waals surface area contributed by atoms with Crippen LogP contribution >= 0.6 is 0 Å². The second-order valence-corrected chi connectivity index (χ2v) is 4.56. The maximum absolute atomic E-state index is 11.3. The molecule has 3 heteroatoms. The van der Waals surface area contributed by atoms with Gasteiger partial charge < -0.3 is 10.4 Å². The number of carbonyl (C=O) groups excluding carboxylic acids is 1. The van der Waals surface area contributed by atoms with Gasteiger partial charge in [0.05, 0.1) is 0 Å². The highest BCUT2D eigenvalue weighted by atomic mass is 16.3. The molecule has 0 aromatic heterocycles. The summed E-state index contributed by atoms with van der Waals surface area (Å²) in [5, 5.41) is 11.8. The Morgan fingerprint density at radius 2 is 2.00 bits per heavy atom. The number of rotatable bonds is 7. The molecule has 1 amide bonds. The standard InChI is InChI=1S/C11H23NO2/c1-4-5-6-7-10(14)12-8-11(2,3)9-13/h13H,4-9H2,1-3H3,(H,12,14). The van der Waals surface area contributed by atoms with Crippen LogP contribution in [0.1, 0.15) is 46.5 Å². The summed E-state index contributed by atoms with van der Waals surface area (Å²) in [5.74, 6) is 0.0972. The van der Waals surface area contributed by atoms with Crippen molar-refractivity contribution in [2.75, 3.05) is 13.2 Å². The normalized spacial score (nSPS) is 11.4. The van der Waals surface area contributed by atoms with Crippen LogP contribution in [0.4, 0.5) is 0 Å². The summed E-state index contributed by atoms with van der Waals surface area (Å²) in [6.45, 7) is 6.63. The highest BCUT2D eigenvalue weighted by molar-refractivity contribution is 5.75. The Morgan fingerprint density at radius 1 is 1.36 bits per heavy atom. The first-order valence-electron chi connectivity index (χ1n) is 5.39. The molecule has 0 bridgehead atoms. The molecule has 0 fully saturated rings. The van der Waals surface area contributed by atoms with E-state index in [-0.39, 0.29) is 17.9 Å². The summed E-state index contributed by atoms with van der Waals surface area (Å²) < 4.78 is 0. The molecular formula is C11H23NO2. The molecular weight excluding hydrogens is 178 g/mol. The number of aliphatic hydroxyl groups is 1. The smallest absolute Gasteiger partial charge is 0.220 e. The third-order valence-corrected chi connectivity index (χ3v) is 2.20. The van der Waals surface area contributed by atoms with Crippen molar-refractivity contribution in [2.45, 2.75) is 46.5 Å². The van der Waals surface area contributed by atoms with Gasteiger partial charge in [-0.2, -0.15) is 0 Å². The number of amides is 1. The van der Waals surface area contributed by atoms with Crippen LogP contribution in [0.3, 0.4) is 0 Å². The molecule has 14 heavy (non-hydrogen) atoms. The first kappa shape index (κ1) is 13.4. The van der Waals surface area contributed by atoms with Gasteiger partial charge in [-0.15, -0.1) is 0 Å². The van der Waals surface area contributed by atoms with Crippen LogP contribution in [-0.2, 0) is 4.79 Å². The fourth-order valence-electron chi connectivity index (χ4n) is 1.02. The highest BCUT2D eigenvalue weighted by Crippen LogP contribution is 2.11. The monoisotopic (exact) mass is 201 g/mol. The minimum atomic E-state index is -0.208. The molecule has 0 atom stereocenters. The third-order valence-electron chi connectivity index (χ3n) is 2.20. The van der Waals surface area contributed by atoms with Gasteiger partial charge in [0.2, 0.25) is 5.91 Å². The maximum atomic E-state index is 11.3. The number of carbonyl (C=O) groups is 1. The SMILES string of the molecule is CCCCCC(=O)NCC(C)(C)CO. The van der Waals surface area contributed by atoms with E-state index >= 15 is 0 Å². The Hall–Kier alpha value is -0.570. The largest absolute Gasteiger partial charge is 0.396 e. The molecule has 0 aliphatic carbocycles. The van der Waals surface area contributed by atoms with E-state index < -0.39 is 0 Å². The predicted octanol–water partition coefficient (Wildman–Crippen LogP) is 1.70. The van der Waals surface area contributed by atoms with Gasteiger partial charge in [0, 0.05) is 25.0 Å². The van der Waals surface area contributed by atoms with Gasteiger partial charge in [0.25, 0.3) is 0 Å². The number of hydrogen-bond donors (Lipinski definition) is 2. The van der Waals surface area contributed by atoms with Crippen LogP contribution in [0.5, 0.6) is 0 Å². The molecule has 0 saturated heterocycles. The predicted molar refractivity (Wildman–Crippen MR) is 58.0 cm³/mol. The summed E-state index contributed by atoms with van der Waals surface area (Å²) in [6.07, 6.45) is 3.81. The molecule has 0 aliphatic rings. The molecule has 0 aromatic rings. The van der Waals surface area contributed by atoms with Gasteiger partial charge in [-0.1, -0.05) is 33.6 Å². The van der Waals surface area contributed by atoms with Gasteiger partial charge in [-0.05, 0) is 6.42 Å². The number of nitrogens with one attached hydrogen (secondary N) is 1. The van der Waals surface area contributed by atoms with Crippen LogP contribution in [-0.4, -0.2) is 24.2 Å². The first-order valence-corrected chi connectivity index (χ1v) is 5.39. The number of aliphatic hydroxyl groups excluding tert-OH is 1. The Balaban J connectivity index is 3.53. The van der Waals surface area contributed by atoms with E-state index in [0.717, 1.165) is 19.3 Å². The van der Waals surface area contributed by atoms with Crippen LogP contribution in [0, 0.1) is 5.41 Å². The Kier molecular flexibility index (Phi) is 6.54. The molecule has 84 valence electrons. The van der Waals surface area contributed by atoms with Gasteiger partial charge in [0.15, 0.2) is 0 Å². The van der Waals surface area contributed by atoms with Crippen molar-refractivity contribution in [1.29, 1.82) is 0 Å². The Morgan fingerprint density at radius 3 is 2.50 bits per heavy atom. The van der Waals surface area contributed by atoms with E-state index in [1.54, 1.807) is 0 Å². The lowest BCUT2D eigenvalue weighted by Gasteiger charge is -2.21. The fourth-order valence-corrected chi connectivity index (χ4v) is 1.02. The molecule has 0 rings (SSSR count). The van der Waals surface area contributed by atoms with E-state index in [9.17, 15) is 4.79 Å². The average Bonchev–Trinajstić information content (AvgIpc) is 2.16. The summed E-state index contributed by atoms with van der Waals surface area (Å²) in [6, 6.07) is 0. The molecule has 0 saturated carbocycles. The summed E-state index contributed by atoms with van der Waals surface area (Å²) >= 11 is 0. The van der Waals surface area contributed by atoms with E-state index in [4.69, 9.17) is 5.11 Å². The van der Waals surface area contributed by atoms with E-state index in [2.05, 4.69) is 12.2 Å². The van der Waals surface area contributed by atoms with Gasteiger partial charge in [0.1, 0.15) is 0 Å². The molecule has 2 N–H and O–H groups in total. The second kappa shape index (κ2) is 6.82. The lowest BCUT2D eigenvalue weighted by Crippen LogP contribution is -2.35. The lowest BCUT2D eigenvalue weighted by molar-refractivity contribution is -0.121. The quantitative estimate of drug-likeness (QED) is 0.616. The number of unbranched alkanes of at least 4 members (excludes halogenated alkanes) is 2. The van der Waals surface area contributed by atoms with E-state index in [1.165, 1.54) is 0 Å².